The fraction of sp³-hybridized carbons (Fsp3) is 0.614. The van der Waals surface area contributed by atoms with E-state index < -0.39 is 36.9 Å². The first-order valence-corrected chi connectivity index (χ1v) is 22.4. The van der Waals surface area contributed by atoms with Gasteiger partial charge in [-0.25, -0.2) is 9.97 Å². The van der Waals surface area contributed by atoms with Crippen LogP contribution in [0.15, 0.2) is 36.4 Å². The van der Waals surface area contributed by atoms with Crippen molar-refractivity contribution in [2.24, 2.45) is 0 Å². The van der Waals surface area contributed by atoms with Gasteiger partial charge in [0.05, 0.1) is 18.9 Å². The van der Waals surface area contributed by atoms with E-state index in [1.165, 1.54) is 5.56 Å². The Morgan fingerprint density at radius 1 is 0.839 bits per heavy atom. The number of hydrogen-bond donors (Lipinski definition) is 12. The van der Waals surface area contributed by atoms with Crippen molar-refractivity contribution in [3.05, 3.63) is 58.4 Å². The summed E-state index contributed by atoms with van der Waals surface area (Å²) in [5.41, 5.74) is 13.3. The van der Waals surface area contributed by atoms with E-state index in [1.807, 2.05) is 12.1 Å². The van der Waals surface area contributed by atoms with Crippen LogP contribution in [0, 0.1) is 5.41 Å². The molecule has 0 bridgehead atoms. The SMILES string of the molecule is CCCCCCC(CCN[C@@H](Cc1ccc(CCCCNC(=N)NC(=O)c2nc(Cl)c(N)nc2N)c2ccccc12)NC=O)N(CCCCCC)C[C@H](O)[C@@H](O)[C@H](O)[C@H](O)CO. The van der Waals surface area contributed by atoms with Crippen LogP contribution in [0.4, 0.5) is 11.6 Å². The van der Waals surface area contributed by atoms with Crippen LogP contribution < -0.4 is 32.7 Å². The number of aliphatic hydroxyl groups is 5. The maximum Gasteiger partial charge on any atom is 0.280 e. The largest absolute Gasteiger partial charge is 0.394 e. The van der Waals surface area contributed by atoms with E-state index in [0.29, 0.717) is 38.9 Å². The predicted octanol–water partition coefficient (Wildman–Crippen LogP) is 2.98. The second kappa shape index (κ2) is 28.5. The molecule has 2 amide bonds. The van der Waals surface area contributed by atoms with E-state index in [9.17, 15) is 35.1 Å². The number of carbonyl (C=O) groups is 2. The number of amides is 2. The lowest BCUT2D eigenvalue weighted by atomic mass is 9.94. The number of rotatable bonds is 31. The molecule has 0 aliphatic carbocycles. The summed E-state index contributed by atoms with van der Waals surface area (Å²) in [5, 5.41) is 73.3. The number of fused-ring (bicyclic) bond motifs is 1. The summed E-state index contributed by atoms with van der Waals surface area (Å²) >= 11 is 5.87. The highest BCUT2D eigenvalue weighted by Gasteiger charge is 2.32. The van der Waals surface area contributed by atoms with E-state index in [-0.39, 0.29) is 47.2 Å². The lowest BCUT2D eigenvalue weighted by Gasteiger charge is -2.36. The van der Waals surface area contributed by atoms with Crippen molar-refractivity contribution in [3.63, 3.8) is 0 Å². The molecule has 1 aromatic heterocycles. The highest BCUT2D eigenvalue weighted by Crippen LogP contribution is 2.26. The van der Waals surface area contributed by atoms with Gasteiger partial charge in [0, 0.05) is 25.6 Å². The smallest absolute Gasteiger partial charge is 0.280 e. The Labute approximate surface area is 370 Å². The van der Waals surface area contributed by atoms with Crippen molar-refractivity contribution in [1.29, 1.82) is 5.41 Å². The van der Waals surface area contributed by atoms with Gasteiger partial charge in [-0.1, -0.05) is 107 Å². The number of nitrogens with two attached hydrogens (primary N) is 2. The minimum absolute atomic E-state index is 0.0442. The molecule has 1 heterocycles. The molecule has 3 aromatic rings. The maximum absolute atomic E-state index is 12.5. The average Bonchev–Trinajstić information content (AvgIpc) is 3.26. The average molecular weight is 888 g/mol. The number of aromatic nitrogens is 2. The number of anilines is 2. The number of carbonyl (C=O) groups excluding carboxylic acids is 2. The van der Waals surface area contributed by atoms with Crippen molar-refractivity contribution in [2.75, 3.05) is 44.3 Å². The molecule has 0 radical (unpaired) electrons. The van der Waals surface area contributed by atoms with Crippen LogP contribution in [-0.2, 0) is 17.6 Å². The van der Waals surface area contributed by atoms with Gasteiger partial charge in [0.1, 0.15) is 18.3 Å². The number of nitrogen functional groups attached to an aromatic ring is 2. The Morgan fingerprint density at radius 2 is 1.50 bits per heavy atom. The summed E-state index contributed by atoms with van der Waals surface area (Å²) in [6.45, 7) is 5.39. The molecule has 1 unspecified atom stereocenters. The number of guanidine groups is 1. The number of aliphatic hydroxyl groups excluding tert-OH is 5. The lowest BCUT2D eigenvalue weighted by Crippen LogP contribution is -2.52. The van der Waals surface area contributed by atoms with Gasteiger partial charge in [0.2, 0.25) is 6.41 Å². The number of unbranched alkanes of at least 4 members (excludes halogenated alkanes) is 7. The number of nitrogens with zero attached hydrogens (tertiary/aromatic N) is 3. The van der Waals surface area contributed by atoms with Crippen LogP contribution in [0.1, 0.15) is 113 Å². The summed E-state index contributed by atoms with van der Waals surface area (Å²) in [5.74, 6) is -1.22. The molecule has 62 heavy (non-hydrogen) atoms. The zero-order valence-corrected chi connectivity index (χ0v) is 37.1. The summed E-state index contributed by atoms with van der Waals surface area (Å²) < 4.78 is 0. The van der Waals surface area contributed by atoms with Gasteiger partial charge in [-0.15, -0.1) is 0 Å². The molecule has 0 saturated heterocycles. The molecule has 0 aliphatic rings. The summed E-state index contributed by atoms with van der Waals surface area (Å²) in [6.07, 6.45) is 6.95. The molecular weight excluding hydrogens is 816 g/mol. The standard InChI is InChI=1S/C44H71ClN10O7/c1-3-5-7-9-16-31(55(24-14-8-6-4-2)26-34(58)38(60)39(61)35(59)27-56)21-23-49-36(51-28-57)25-30-20-19-29(32-17-10-11-18-33(30)32)15-12-13-22-50-44(48)54-43(62)37-41(46)53-42(47)40(45)52-37/h10-11,17-20,28,31,34-36,38-39,49,56,58-61H,3-9,12-16,21-27H2,1-2H3,(H,51,57)(H4,46,47,53)(H3,48,50,54,62)/t31?,34-,35+,36+,38+,39+/m0/s1. The molecule has 0 saturated carbocycles. The first-order valence-electron chi connectivity index (χ1n) is 22.1. The van der Waals surface area contributed by atoms with Gasteiger partial charge in [-0.2, -0.15) is 0 Å². The third-order valence-electron chi connectivity index (χ3n) is 11.2. The normalized spacial score (nSPS) is 14.5. The number of nitrogens with one attached hydrogen (secondary N) is 5. The summed E-state index contributed by atoms with van der Waals surface area (Å²) in [6, 6.07) is 12.5. The highest BCUT2D eigenvalue weighted by atomic mass is 35.5. The fourth-order valence-electron chi connectivity index (χ4n) is 7.61. The molecule has 6 atom stereocenters. The topological polar surface area (TPSA) is 288 Å². The van der Waals surface area contributed by atoms with Crippen LogP contribution in [0.2, 0.25) is 5.15 Å². The summed E-state index contributed by atoms with van der Waals surface area (Å²) in [4.78, 5) is 34.2. The van der Waals surface area contributed by atoms with Crippen molar-refractivity contribution in [1.82, 2.24) is 36.1 Å². The highest BCUT2D eigenvalue weighted by molar-refractivity contribution is 6.31. The van der Waals surface area contributed by atoms with E-state index in [0.717, 1.165) is 93.4 Å². The molecule has 14 N–H and O–H groups in total. The molecule has 18 heteroatoms. The number of hydrogen-bond acceptors (Lipinski definition) is 14. The van der Waals surface area contributed by atoms with Gasteiger partial charge < -0.3 is 47.6 Å². The third kappa shape index (κ3) is 17.2. The van der Waals surface area contributed by atoms with Gasteiger partial charge in [-0.3, -0.25) is 30.5 Å². The first kappa shape index (κ1) is 52.1. The molecular formula is C44H71ClN10O7. The van der Waals surface area contributed by atoms with Gasteiger partial charge >= 0.3 is 0 Å². The quantitative estimate of drug-likeness (QED) is 0.0146. The minimum Gasteiger partial charge on any atom is -0.394 e. The molecule has 346 valence electrons. The van der Waals surface area contributed by atoms with Crippen molar-refractivity contribution in [3.8, 4) is 0 Å². The van der Waals surface area contributed by atoms with Gasteiger partial charge in [0.15, 0.2) is 28.4 Å². The van der Waals surface area contributed by atoms with Gasteiger partial charge in [0.25, 0.3) is 5.91 Å². The Hall–Kier alpha value is -4.20. The molecule has 17 nitrogen and oxygen atoms in total. The van der Waals surface area contributed by atoms with Crippen molar-refractivity contribution >= 4 is 52.3 Å². The van der Waals surface area contributed by atoms with Crippen LogP contribution >= 0.6 is 11.6 Å². The number of aryl methyl sites for hydroxylation is 1. The fourth-order valence-corrected chi connectivity index (χ4v) is 7.73. The number of benzene rings is 2. The molecule has 0 fully saturated rings. The minimum atomic E-state index is -1.69. The molecule has 2 aromatic carbocycles. The van der Waals surface area contributed by atoms with Crippen molar-refractivity contribution < 1.29 is 35.1 Å². The van der Waals surface area contributed by atoms with E-state index in [1.54, 1.807) is 0 Å². The Kier molecular flexibility index (Phi) is 24.0. The zero-order valence-electron chi connectivity index (χ0n) is 36.4. The second-order valence-electron chi connectivity index (χ2n) is 15.9. The van der Waals surface area contributed by atoms with Crippen LogP contribution in [0.5, 0.6) is 0 Å². The van der Waals surface area contributed by atoms with Gasteiger partial charge in [-0.05, 0) is 73.5 Å². The van der Waals surface area contributed by atoms with E-state index >= 15 is 0 Å². The molecule has 3 rings (SSSR count). The maximum atomic E-state index is 12.5. The van der Waals surface area contributed by atoms with Crippen LogP contribution in [0.3, 0.4) is 0 Å². The second-order valence-corrected chi connectivity index (χ2v) is 16.3. The van der Waals surface area contributed by atoms with E-state index in [4.69, 9.17) is 28.5 Å². The molecule has 0 aliphatic heterocycles. The summed E-state index contributed by atoms with van der Waals surface area (Å²) in [7, 11) is 0. The van der Waals surface area contributed by atoms with Crippen LogP contribution in [0.25, 0.3) is 10.8 Å². The third-order valence-corrected chi connectivity index (χ3v) is 11.4. The lowest BCUT2D eigenvalue weighted by molar-refractivity contribution is -0.121. The predicted molar refractivity (Wildman–Crippen MR) is 245 cm³/mol. The Bertz CT molecular complexity index is 1810. The van der Waals surface area contributed by atoms with Crippen molar-refractivity contribution in [2.45, 2.75) is 140 Å². The monoisotopic (exact) mass is 887 g/mol. The Balaban J connectivity index is 1.64. The first-order chi connectivity index (χ1) is 29.8. The number of halogens is 1. The molecule has 0 spiro atoms. The zero-order chi connectivity index (χ0) is 45.4. The van der Waals surface area contributed by atoms with Crippen LogP contribution in [-0.4, -0.2) is 128 Å². The van der Waals surface area contributed by atoms with E-state index in [2.05, 4.69) is 74.2 Å². The Morgan fingerprint density at radius 3 is 2.18 bits per heavy atom.